The van der Waals surface area contributed by atoms with Crippen molar-refractivity contribution in [3.63, 3.8) is 0 Å². The summed E-state index contributed by atoms with van der Waals surface area (Å²) in [5.74, 6) is -1.63. The van der Waals surface area contributed by atoms with Crippen LogP contribution in [-0.2, 0) is 27.3 Å². The number of hydrogen-bond acceptors (Lipinski definition) is 6. The number of aliphatic carboxylic acids is 1. The molecule has 166 valence electrons. The number of phenols is 1. The van der Waals surface area contributed by atoms with E-state index in [1.165, 1.54) is 13.2 Å². The molecule has 0 heterocycles. The fraction of sp³-hybridized carbons (Fsp3) is 0.318. The predicted octanol–water partition coefficient (Wildman–Crippen LogP) is 0.807. The van der Waals surface area contributed by atoms with E-state index in [9.17, 15) is 24.6 Å². The third-order valence-corrected chi connectivity index (χ3v) is 4.62. The number of carbonyl (C=O) groups excluding carboxylic acids is 2. The first-order chi connectivity index (χ1) is 14.8. The van der Waals surface area contributed by atoms with Gasteiger partial charge in [0.2, 0.25) is 11.8 Å². The Morgan fingerprint density at radius 1 is 1.10 bits per heavy atom. The van der Waals surface area contributed by atoms with E-state index < -0.39 is 29.9 Å². The van der Waals surface area contributed by atoms with Gasteiger partial charge in [-0.1, -0.05) is 36.4 Å². The zero-order valence-electron chi connectivity index (χ0n) is 17.4. The number of carboxylic acids is 1. The molecule has 0 aliphatic rings. The summed E-state index contributed by atoms with van der Waals surface area (Å²) in [6.07, 6.45) is 0.138. The molecule has 0 radical (unpaired) electrons. The fourth-order valence-electron chi connectivity index (χ4n) is 2.79. The van der Waals surface area contributed by atoms with Crippen LogP contribution in [-0.4, -0.2) is 53.7 Å². The lowest BCUT2D eigenvalue weighted by atomic mass is 10.1. The van der Waals surface area contributed by atoms with Gasteiger partial charge in [0.15, 0.2) is 0 Å². The Labute approximate surface area is 180 Å². The molecule has 2 aromatic carbocycles. The summed E-state index contributed by atoms with van der Waals surface area (Å²) in [6.45, 7) is 1.50. The van der Waals surface area contributed by atoms with Crippen LogP contribution in [0.4, 0.5) is 0 Å². The molecule has 2 amide bonds. The Morgan fingerprint density at radius 2 is 1.81 bits per heavy atom. The summed E-state index contributed by atoms with van der Waals surface area (Å²) >= 11 is 0. The number of methoxy groups -OCH3 is 1. The third kappa shape index (κ3) is 7.63. The van der Waals surface area contributed by atoms with E-state index in [-0.39, 0.29) is 25.3 Å². The zero-order valence-corrected chi connectivity index (χ0v) is 17.4. The number of nitrogens with one attached hydrogen (secondary N) is 3. The Hall–Kier alpha value is -3.59. The molecule has 0 saturated heterocycles. The van der Waals surface area contributed by atoms with Crippen LogP contribution < -0.4 is 20.7 Å². The lowest BCUT2D eigenvalue weighted by Gasteiger charge is -2.17. The summed E-state index contributed by atoms with van der Waals surface area (Å²) in [5.41, 5.74) is 1.36. The second-order valence-electron chi connectivity index (χ2n) is 6.96. The van der Waals surface area contributed by atoms with Crippen LogP contribution in [0.3, 0.4) is 0 Å². The highest BCUT2D eigenvalue weighted by atomic mass is 16.5. The summed E-state index contributed by atoms with van der Waals surface area (Å²) in [5, 5.41) is 27.1. The second kappa shape index (κ2) is 11.6. The van der Waals surface area contributed by atoms with Crippen LogP contribution in [0.15, 0.2) is 48.5 Å². The zero-order chi connectivity index (χ0) is 22.8. The monoisotopic (exact) mass is 429 g/mol. The third-order valence-electron chi connectivity index (χ3n) is 4.62. The molecule has 0 aromatic heterocycles. The lowest BCUT2D eigenvalue weighted by Crippen LogP contribution is -2.49. The Kier molecular flexibility index (Phi) is 8.83. The maximum Gasteiger partial charge on any atom is 0.326 e. The first kappa shape index (κ1) is 23.7. The molecule has 0 spiro atoms. The molecule has 5 N–H and O–H groups in total. The van der Waals surface area contributed by atoms with Gasteiger partial charge in [-0.25, -0.2) is 4.79 Å². The maximum absolute atomic E-state index is 12.2. The summed E-state index contributed by atoms with van der Waals surface area (Å²) in [4.78, 5) is 35.8. The standard InChI is InChI=1S/C22H27N3O6/c1-14(23-12-16-8-9-17(31-2)11-19(16)26)21(28)24-13-20(27)25-18(22(29)30)10-15-6-4-3-5-7-15/h3-9,11,14,18,23,26H,10,12-13H2,1-2H3,(H,24,28)(H,25,27)(H,29,30)/t14-,18-/m0/s1. The molecule has 9 nitrogen and oxygen atoms in total. The normalized spacial score (nSPS) is 12.5. The van der Waals surface area contributed by atoms with Crippen LogP contribution in [0.1, 0.15) is 18.1 Å². The minimum Gasteiger partial charge on any atom is -0.507 e. The summed E-state index contributed by atoms with van der Waals surface area (Å²) < 4.78 is 5.02. The number of aromatic hydroxyl groups is 1. The SMILES string of the molecule is COc1ccc(CN[C@@H](C)C(=O)NCC(=O)N[C@@H](Cc2ccccc2)C(=O)O)c(O)c1. The van der Waals surface area contributed by atoms with Crippen LogP contribution in [0, 0.1) is 0 Å². The molecule has 31 heavy (non-hydrogen) atoms. The molecule has 2 aromatic rings. The molecule has 0 unspecified atom stereocenters. The number of rotatable bonds is 11. The van der Waals surface area contributed by atoms with Gasteiger partial charge in [-0.05, 0) is 18.6 Å². The fourth-order valence-corrected chi connectivity index (χ4v) is 2.79. The van der Waals surface area contributed by atoms with Crippen molar-refractivity contribution in [1.82, 2.24) is 16.0 Å². The van der Waals surface area contributed by atoms with Gasteiger partial charge >= 0.3 is 5.97 Å². The van der Waals surface area contributed by atoms with E-state index >= 15 is 0 Å². The predicted molar refractivity (Wildman–Crippen MR) is 114 cm³/mol. The number of hydrogen-bond donors (Lipinski definition) is 5. The van der Waals surface area contributed by atoms with Crippen LogP contribution in [0.25, 0.3) is 0 Å². The number of phenolic OH excluding ortho intramolecular Hbond substituents is 1. The maximum atomic E-state index is 12.2. The Bertz CT molecular complexity index is 903. The molecule has 0 fully saturated rings. The molecule has 0 bridgehead atoms. The van der Waals surface area contributed by atoms with Crippen LogP contribution in [0.2, 0.25) is 0 Å². The van der Waals surface area contributed by atoms with E-state index in [1.807, 2.05) is 6.07 Å². The van der Waals surface area contributed by atoms with Gasteiger partial charge in [-0.3, -0.25) is 9.59 Å². The number of carboxylic acid groups (broad SMARTS) is 1. The smallest absolute Gasteiger partial charge is 0.326 e. The number of benzene rings is 2. The molecule has 2 rings (SSSR count). The van der Waals surface area contributed by atoms with Gasteiger partial charge in [0.05, 0.1) is 19.7 Å². The van der Waals surface area contributed by atoms with Crippen molar-refractivity contribution in [2.45, 2.75) is 32.0 Å². The number of ether oxygens (including phenoxy) is 1. The summed E-state index contributed by atoms with van der Waals surface area (Å²) in [7, 11) is 1.50. The molecule has 0 aliphatic heterocycles. The first-order valence-electron chi connectivity index (χ1n) is 9.73. The molecular weight excluding hydrogens is 402 g/mol. The van der Waals surface area contributed by atoms with Crippen molar-refractivity contribution in [3.05, 3.63) is 59.7 Å². The summed E-state index contributed by atoms with van der Waals surface area (Å²) in [6, 6.07) is 12.0. The van der Waals surface area contributed by atoms with Crippen molar-refractivity contribution in [1.29, 1.82) is 0 Å². The highest BCUT2D eigenvalue weighted by molar-refractivity contribution is 5.89. The minimum absolute atomic E-state index is 0.0389. The first-order valence-corrected chi connectivity index (χ1v) is 9.73. The van der Waals surface area contributed by atoms with Gasteiger partial charge in [0.1, 0.15) is 17.5 Å². The van der Waals surface area contributed by atoms with Crippen molar-refractivity contribution in [2.75, 3.05) is 13.7 Å². The Morgan fingerprint density at radius 3 is 2.42 bits per heavy atom. The van der Waals surface area contributed by atoms with Crippen LogP contribution in [0.5, 0.6) is 11.5 Å². The highest BCUT2D eigenvalue weighted by Gasteiger charge is 2.21. The van der Waals surface area contributed by atoms with Gasteiger partial charge in [-0.2, -0.15) is 0 Å². The number of carbonyl (C=O) groups is 3. The Balaban J connectivity index is 1.79. The van der Waals surface area contributed by atoms with Gasteiger partial charge < -0.3 is 30.9 Å². The van der Waals surface area contributed by atoms with Crippen molar-refractivity contribution < 1.29 is 29.3 Å². The molecular formula is C22H27N3O6. The quantitative estimate of drug-likeness (QED) is 0.356. The van der Waals surface area contributed by atoms with Crippen molar-refractivity contribution in [3.8, 4) is 11.5 Å². The van der Waals surface area contributed by atoms with Crippen molar-refractivity contribution in [2.24, 2.45) is 0 Å². The number of amides is 2. The van der Waals surface area contributed by atoms with Gasteiger partial charge in [0.25, 0.3) is 0 Å². The average Bonchev–Trinajstić information content (AvgIpc) is 2.76. The highest BCUT2D eigenvalue weighted by Crippen LogP contribution is 2.23. The van der Waals surface area contributed by atoms with Gasteiger partial charge in [0, 0.05) is 24.6 Å². The van der Waals surface area contributed by atoms with E-state index in [4.69, 9.17) is 4.74 Å². The van der Waals surface area contributed by atoms with Crippen molar-refractivity contribution >= 4 is 17.8 Å². The molecule has 2 atom stereocenters. The molecule has 0 aliphatic carbocycles. The average molecular weight is 429 g/mol. The molecule has 9 heteroatoms. The van der Waals surface area contributed by atoms with E-state index in [0.717, 1.165) is 5.56 Å². The largest absolute Gasteiger partial charge is 0.507 e. The minimum atomic E-state index is -1.15. The van der Waals surface area contributed by atoms with E-state index in [1.54, 1.807) is 43.3 Å². The lowest BCUT2D eigenvalue weighted by molar-refractivity contribution is -0.141. The van der Waals surface area contributed by atoms with Crippen LogP contribution >= 0.6 is 0 Å². The van der Waals surface area contributed by atoms with E-state index in [2.05, 4.69) is 16.0 Å². The van der Waals surface area contributed by atoms with E-state index in [0.29, 0.717) is 11.3 Å². The van der Waals surface area contributed by atoms with Gasteiger partial charge in [-0.15, -0.1) is 0 Å². The topological polar surface area (TPSA) is 137 Å². The molecule has 0 saturated carbocycles. The second-order valence-corrected chi connectivity index (χ2v) is 6.96.